The van der Waals surface area contributed by atoms with E-state index in [1.54, 1.807) is 25.5 Å². The number of pyridine rings is 1. The fourth-order valence-corrected chi connectivity index (χ4v) is 2.52. The Morgan fingerprint density at radius 3 is 2.88 bits per heavy atom. The van der Waals surface area contributed by atoms with Crippen LogP contribution in [0.2, 0.25) is 0 Å². The summed E-state index contributed by atoms with van der Waals surface area (Å²) in [6, 6.07) is 1.89. The molecule has 3 rings (SSSR count). The Morgan fingerprint density at radius 1 is 1.29 bits per heavy atom. The lowest BCUT2D eigenvalue weighted by molar-refractivity contribution is 0.101. The van der Waals surface area contributed by atoms with E-state index in [0.717, 1.165) is 16.7 Å². The van der Waals surface area contributed by atoms with Crippen LogP contribution in [0.15, 0.2) is 29.8 Å². The van der Waals surface area contributed by atoms with Gasteiger partial charge in [-0.1, -0.05) is 11.8 Å². The molecule has 1 atom stereocenters. The van der Waals surface area contributed by atoms with Crippen molar-refractivity contribution < 1.29 is 5.11 Å². The number of fused-ring (bicyclic) bond motifs is 3. The molecule has 2 aromatic heterocycles. The maximum atomic E-state index is 10.6. The molecule has 1 unspecified atom stereocenters. The van der Waals surface area contributed by atoms with Gasteiger partial charge in [0.1, 0.15) is 5.60 Å². The predicted octanol–water partition coefficient (Wildman–Crippen LogP) is 1.83. The van der Waals surface area contributed by atoms with E-state index in [1.165, 1.54) is 11.8 Å². The normalized spacial score (nSPS) is 21.1. The summed E-state index contributed by atoms with van der Waals surface area (Å²) in [5, 5.41) is 11.3. The highest BCUT2D eigenvalue weighted by Crippen LogP contribution is 2.45. The zero-order valence-corrected chi connectivity index (χ0v) is 10.3. The first kappa shape index (κ1) is 10.7. The van der Waals surface area contributed by atoms with Crippen molar-refractivity contribution >= 4 is 11.8 Å². The molecule has 0 aliphatic heterocycles. The Kier molecular flexibility index (Phi) is 2.21. The molecule has 0 saturated heterocycles. The highest BCUT2D eigenvalue weighted by atomic mass is 32.2. The second-order valence-electron chi connectivity index (χ2n) is 4.11. The third-order valence-corrected chi connectivity index (χ3v) is 3.61. The first-order valence-corrected chi connectivity index (χ1v) is 6.46. The van der Waals surface area contributed by atoms with Gasteiger partial charge >= 0.3 is 0 Å². The monoisotopic (exact) mass is 245 g/mol. The van der Waals surface area contributed by atoms with Gasteiger partial charge in [-0.25, -0.2) is 9.97 Å². The van der Waals surface area contributed by atoms with Crippen molar-refractivity contribution in [2.75, 3.05) is 6.26 Å². The van der Waals surface area contributed by atoms with E-state index < -0.39 is 5.60 Å². The smallest absolute Gasteiger partial charge is 0.187 e. The van der Waals surface area contributed by atoms with Gasteiger partial charge in [0.2, 0.25) is 0 Å². The van der Waals surface area contributed by atoms with Gasteiger partial charge in [0.15, 0.2) is 5.16 Å². The van der Waals surface area contributed by atoms with Crippen LogP contribution in [-0.2, 0) is 5.60 Å². The summed E-state index contributed by atoms with van der Waals surface area (Å²) in [6.07, 6.45) is 7.09. The van der Waals surface area contributed by atoms with E-state index in [4.69, 9.17) is 0 Å². The molecule has 17 heavy (non-hydrogen) atoms. The molecular formula is C12H11N3OS. The molecule has 0 bridgehead atoms. The summed E-state index contributed by atoms with van der Waals surface area (Å²) in [5.74, 6) is 0. The quantitative estimate of drug-likeness (QED) is 0.613. The molecular weight excluding hydrogens is 234 g/mol. The minimum atomic E-state index is -1.08. The van der Waals surface area contributed by atoms with Gasteiger partial charge in [0.05, 0.1) is 5.69 Å². The molecule has 0 saturated carbocycles. The van der Waals surface area contributed by atoms with Crippen LogP contribution in [0.25, 0.3) is 11.1 Å². The van der Waals surface area contributed by atoms with E-state index in [-0.39, 0.29) is 0 Å². The van der Waals surface area contributed by atoms with Crippen LogP contribution >= 0.6 is 11.8 Å². The van der Waals surface area contributed by atoms with Crippen molar-refractivity contribution in [3.05, 3.63) is 35.9 Å². The first-order chi connectivity index (χ1) is 8.14. The number of hydrogen-bond donors (Lipinski definition) is 1. The van der Waals surface area contributed by atoms with Crippen LogP contribution < -0.4 is 0 Å². The zero-order chi connectivity index (χ0) is 12.0. The van der Waals surface area contributed by atoms with E-state index in [1.807, 2.05) is 12.3 Å². The third kappa shape index (κ3) is 1.39. The number of thioether (sulfide) groups is 1. The van der Waals surface area contributed by atoms with Crippen LogP contribution in [0.4, 0.5) is 0 Å². The van der Waals surface area contributed by atoms with E-state index in [2.05, 4.69) is 15.0 Å². The van der Waals surface area contributed by atoms with Crippen LogP contribution in [-0.4, -0.2) is 26.3 Å². The Bertz CT molecular complexity index is 598. The molecule has 0 fully saturated rings. The van der Waals surface area contributed by atoms with Crippen molar-refractivity contribution in [3.63, 3.8) is 0 Å². The highest BCUT2D eigenvalue weighted by molar-refractivity contribution is 7.98. The Balaban J connectivity index is 2.32. The van der Waals surface area contributed by atoms with Crippen LogP contribution in [0.5, 0.6) is 0 Å². The predicted molar refractivity (Wildman–Crippen MR) is 65.7 cm³/mol. The number of nitrogens with zero attached hydrogens (tertiary/aromatic N) is 3. The molecule has 1 N–H and O–H groups in total. The molecule has 2 heterocycles. The largest absolute Gasteiger partial charge is 0.379 e. The molecule has 0 spiro atoms. The van der Waals surface area contributed by atoms with Crippen LogP contribution in [0, 0.1) is 0 Å². The number of aromatic nitrogens is 3. The number of rotatable bonds is 1. The second-order valence-corrected chi connectivity index (χ2v) is 4.89. The molecule has 1 aliphatic rings. The van der Waals surface area contributed by atoms with Crippen molar-refractivity contribution in [1.29, 1.82) is 0 Å². The Morgan fingerprint density at radius 2 is 2.12 bits per heavy atom. The van der Waals surface area contributed by atoms with E-state index >= 15 is 0 Å². The Hall–Kier alpha value is -1.46. The molecule has 2 aromatic rings. The fraction of sp³-hybridized carbons (Fsp3) is 0.250. The van der Waals surface area contributed by atoms with Crippen molar-refractivity contribution in [3.8, 4) is 11.1 Å². The third-order valence-electron chi connectivity index (χ3n) is 3.05. The molecule has 86 valence electrons. The minimum Gasteiger partial charge on any atom is -0.379 e. The zero-order valence-electron chi connectivity index (χ0n) is 9.51. The molecule has 0 radical (unpaired) electrons. The average molecular weight is 245 g/mol. The van der Waals surface area contributed by atoms with Gasteiger partial charge in [-0.05, 0) is 24.8 Å². The second kappa shape index (κ2) is 3.51. The fourth-order valence-electron chi connectivity index (χ4n) is 2.18. The van der Waals surface area contributed by atoms with E-state index in [0.29, 0.717) is 10.9 Å². The van der Waals surface area contributed by atoms with Crippen LogP contribution in [0.3, 0.4) is 0 Å². The van der Waals surface area contributed by atoms with Gasteiger partial charge in [0, 0.05) is 29.7 Å². The van der Waals surface area contributed by atoms with Gasteiger partial charge in [-0.2, -0.15) is 0 Å². The van der Waals surface area contributed by atoms with Crippen molar-refractivity contribution in [2.24, 2.45) is 0 Å². The molecule has 5 heteroatoms. The van der Waals surface area contributed by atoms with Gasteiger partial charge in [0.25, 0.3) is 0 Å². The lowest BCUT2D eigenvalue weighted by Gasteiger charge is -2.18. The van der Waals surface area contributed by atoms with Crippen LogP contribution in [0.1, 0.15) is 18.2 Å². The summed E-state index contributed by atoms with van der Waals surface area (Å²) in [5.41, 5.74) is 2.24. The van der Waals surface area contributed by atoms with Gasteiger partial charge < -0.3 is 5.11 Å². The van der Waals surface area contributed by atoms with Gasteiger partial charge in [-0.15, -0.1) is 0 Å². The highest BCUT2D eigenvalue weighted by Gasteiger charge is 2.39. The SMILES string of the molecule is CSc1ncc2c(n1)C(C)(O)c1cnccc1-2. The maximum absolute atomic E-state index is 10.6. The topological polar surface area (TPSA) is 58.9 Å². The lowest BCUT2D eigenvalue weighted by atomic mass is 9.99. The van der Waals surface area contributed by atoms with Crippen molar-refractivity contribution in [2.45, 2.75) is 17.7 Å². The molecule has 0 amide bonds. The summed E-state index contributed by atoms with van der Waals surface area (Å²) < 4.78 is 0. The molecule has 0 aromatic carbocycles. The number of hydrogen-bond acceptors (Lipinski definition) is 5. The average Bonchev–Trinajstić information content (AvgIpc) is 2.59. The minimum absolute atomic E-state index is 0.667. The summed E-state index contributed by atoms with van der Waals surface area (Å²) in [7, 11) is 0. The summed E-state index contributed by atoms with van der Waals surface area (Å²) in [4.78, 5) is 12.7. The summed E-state index contributed by atoms with van der Waals surface area (Å²) in [6.45, 7) is 1.75. The first-order valence-electron chi connectivity index (χ1n) is 5.23. The van der Waals surface area contributed by atoms with Gasteiger partial charge in [-0.3, -0.25) is 4.98 Å². The lowest BCUT2D eigenvalue weighted by Crippen LogP contribution is -2.21. The Labute approximate surface area is 103 Å². The summed E-state index contributed by atoms with van der Waals surface area (Å²) >= 11 is 1.47. The molecule has 4 nitrogen and oxygen atoms in total. The maximum Gasteiger partial charge on any atom is 0.187 e. The number of aliphatic hydroxyl groups is 1. The van der Waals surface area contributed by atoms with E-state index in [9.17, 15) is 5.11 Å². The standard InChI is InChI=1S/C12H11N3OS/c1-12(16)9-6-13-4-3-7(9)8-5-14-11(17-2)15-10(8)12/h3-6,16H,1-2H3. The molecule has 1 aliphatic carbocycles. The van der Waals surface area contributed by atoms with Crippen molar-refractivity contribution in [1.82, 2.24) is 15.0 Å².